The van der Waals surface area contributed by atoms with E-state index in [-0.39, 0.29) is 11.8 Å². The first-order valence-electron chi connectivity index (χ1n) is 11.6. The van der Waals surface area contributed by atoms with Crippen molar-refractivity contribution in [3.63, 3.8) is 0 Å². The summed E-state index contributed by atoms with van der Waals surface area (Å²) in [4.78, 5) is 16.7. The van der Waals surface area contributed by atoms with Crippen molar-refractivity contribution in [1.82, 2.24) is 14.9 Å². The molecule has 34 heavy (non-hydrogen) atoms. The minimum Gasteiger partial charge on any atom is -0.475 e. The Morgan fingerprint density at radius 2 is 2.06 bits per heavy atom. The van der Waals surface area contributed by atoms with E-state index in [1.807, 2.05) is 36.4 Å². The third-order valence-corrected chi connectivity index (χ3v) is 5.89. The van der Waals surface area contributed by atoms with Gasteiger partial charge in [0.15, 0.2) is 0 Å². The molecule has 1 saturated heterocycles. The van der Waals surface area contributed by atoms with Gasteiger partial charge in [0, 0.05) is 30.3 Å². The van der Waals surface area contributed by atoms with Crippen molar-refractivity contribution in [3.8, 4) is 29.0 Å². The number of ether oxygens (including phenoxy) is 3. The molecule has 3 aromatic rings. The van der Waals surface area contributed by atoms with Crippen LogP contribution in [0.5, 0.6) is 5.88 Å². The van der Waals surface area contributed by atoms with Crippen molar-refractivity contribution in [2.45, 2.75) is 25.6 Å². The second kappa shape index (κ2) is 10.7. The molecule has 0 aliphatic carbocycles. The number of rotatable bonds is 6. The molecule has 1 fully saturated rings. The number of nitrogens with one attached hydrogen (secondary N) is 1. The van der Waals surface area contributed by atoms with Gasteiger partial charge < -0.3 is 19.5 Å². The van der Waals surface area contributed by atoms with Crippen molar-refractivity contribution in [3.05, 3.63) is 81.8 Å². The van der Waals surface area contributed by atoms with Crippen molar-refractivity contribution >= 4 is 0 Å². The lowest BCUT2D eigenvalue weighted by Gasteiger charge is -2.24. The Balaban J connectivity index is 1.26. The van der Waals surface area contributed by atoms with Gasteiger partial charge in [-0.1, -0.05) is 48.2 Å². The molecule has 0 bridgehead atoms. The largest absolute Gasteiger partial charge is 0.475 e. The Labute approximate surface area is 198 Å². The van der Waals surface area contributed by atoms with E-state index < -0.39 is 0 Å². The van der Waals surface area contributed by atoms with Crippen LogP contribution in [0.4, 0.5) is 0 Å². The molecule has 5 rings (SSSR count). The fourth-order valence-corrected chi connectivity index (χ4v) is 4.18. The second-order valence-corrected chi connectivity index (χ2v) is 8.31. The summed E-state index contributed by atoms with van der Waals surface area (Å²) < 4.78 is 18.5. The molecule has 1 atom stereocenters. The van der Waals surface area contributed by atoms with Crippen LogP contribution in [0, 0.1) is 11.8 Å². The molecule has 174 valence electrons. The minimum absolute atomic E-state index is 0.148. The maximum absolute atomic E-state index is 12.6. The highest BCUT2D eigenvalue weighted by molar-refractivity contribution is 5.67. The summed E-state index contributed by atoms with van der Waals surface area (Å²) in [6, 6.07) is 18.2. The summed E-state index contributed by atoms with van der Waals surface area (Å²) in [6.45, 7) is 3.94. The van der Waals surface area contributed by atoms with Crippen LogP contribution in [0.2, 0.25) is 0 Å². The highest BCUT2D eigenvalue weighted by Crippen LogP contribution is 2.30. The molecule has 0 amide bonds. The molecule has 2 aliphatic heterocycles. The van der Waals surface area contributed by atoms with Crippen molar-refractivity contribution in [2.75, 3.05) is 33.0 Å². The summed E-state index contributed by atoms with van der Waals surface area (Å²) in [5, 5.41) is 3.35. The topological polar surface area (TPSA) is 74.6 Å². The molecular formula is C27H27N3O4. The quantitative estimate of drug-likeness (QED) is 0.453. The van der Waals surface area contributed by atoms with Crippen LogP contribution in [0.15, 0.2) is 59.4 Å². The predicted octanol–water partition coefficient (Wildman–Crippen LogP) is 2.40. The van der Waals surface area contributed by atoms with Crippen molar-refractivity contribution < 1.29 is 14.2 Å². The zero-order valence-corrected chi connectivity index (χ0v) is 19.0. The zero-order chi connectivity index (χ0) is 23.2. The highest BCUT2D eigenvalue weighted by atomic mass is 16.6. The van der Waals surface area contributed by atoms with Gasteiger partial charge in [0.1, 0.15) is 12.7 Å². The molecule has 0 saturated carbocycles. The minimum atomic E-state index is -0.299. The third-order valence-electron chi connectivity index (χ3n) is 5.89. The Kier molecular flexibility index (Phi) is 7.01. The average Bonchev–Trinajstić information content (AvgIpc) is 2.88. The summed E-state index contributed by atoms with van der Waals surface area (Å²) in [7, 11) is 0. The zero-order valence-electron chi connectivity index (χ0n) is 19.0. The maximum Gasteiger partial charge on any atom is 0.351 e. The Morgan fingerprint density at radius 3 is 2.91 bits per heavy atom. The average molecular weight is 458 g/mol. The Morgan fingerprint density at radius 1 is 1.15 bits per heavy atom. The van der Waals surface area contributed by atoms with Crippen LogP contribution in [-0.4, -0.2) is 48.6 Å². The van der Waals surface area contributed by atoms with Gasteiger partial charge in [-0.05, 0) is 29.7 Å². The number of aryl methyl sites for hydroxylation is 1. The Hall–Kier alpha value is -3.44. The first kappa shape index (κ1) is 22.4. The van der Waals surface area contributed by atoms with Crippen LogP contribution < -0.4 is 15.7 Å². The van der Waals surface area contributed by atoms with E-state index in [2.05, 4.69) is 40.3 Å². The van der Waals surface area contributed by atoms with Gasteiger partial charge in [-0.3, -0.25) is 4.57 Å². The van der Waals surface area contributed by atoms with E-state index in [1.54, 1.807) is 4.57 Å². The van der Waals surface area contributed by atoms with Gasteiger partial charge in [-0.25, -0.2) is 4.79 Å². The predicted molar refractivity (Wildman–Crippen MR) is 129 cm³/mol. The molecule has 7 heteroatoms. The van der Waals surface area contributed by atoms with E-state index in [4.69, 9.17) is 14.2 Å². The molecule has 0 radical (unpaired) electrons. The van der Waals surface area contributed by atoms with E-state index in [9.17, 15) is 4.79 Å². The molecular weight excluding hydrogens is 430 g/mol. The molecule has 1 unspecified atom stereocenters. The van der Waals surface area contributed by atoms with E-state index in [0.29, 0.717) is 45.4 Å². The first-order valence-corrected chi connectivity index (χ1v) is 11.6. The van der Waals surface area contributed by atoms with E-state index in [0.717, 1.165) is 29.8 Å². The summed E-state index contributed by atoms with van der Waals surface area (Å²) in [5.41, 5.74) is 4.92. The molecule has 7 nitrogen and oxygen atoms in total. The molecule has 1 N–H and O–H groups in total. The lowest BCUT2D eigenvalue weighted by Crippen LogP contribution is -2.34. The second-order valence-electron chi connectivity index (χ2n) is 8.31. The summed E-state index contributed by atoms with van der Waals surface area (Å²) in [5.74, 6) is 6.75. The number of fused-ring (bicyclic) bond motifs is 3. The van der Waals surface area contributed by atoms with Gasteiger partial charge in [0.2, 0.25) is 5.88 Å². The fourth-order valence-electron chi connectivity index (χ4n) is 4.18. The van der Waals surface area contributed by atoms with Crippen LogP contribution in [0.3, 0.4) is 0 Å². The molecule has 2 aliphatic rings. The summed E-state index contributed by atoms with van der Waals surface area (Å²) in [6.07, 6.45) is 0.615. The third kappa shape index (κ3) is 5.37. The fraction of sp³-hybridized carbons (Fsp3) is 0.333. The summed E-state index contributed by atoms with van der Waals surface area (Å²) >= 11 is 0. The van der Waals surface area contributed by atoms with Gasteiger partial charge >= 0.3 is 5.69 Å². The molecule has 1 aromatic heterocycles. The number of nitrogens with zero attached hydrogens (tertiary/aromatic N) is 2. The van der Waals surface area contributed by atoms with Crippen molar-refractivity contribution in [1.29, 1.82) is 0 Å². The smallest absolute Gasteiger partial charge is 0.351 e. The normalized spacial score (nSPS) is 16.6. The first-order chi connectivity index (χ1) is 16.8. The molecule has 0 spiro atoms. The standard InChI is InChI=1S/C27H27N3O4/c31-27-29-26(34-19-23-18-32-13-14-33-23)16-25-24-9-8-20(15-22(24)10-12-30(25)27)7-4-11-28-17-21-5-2-1-3-6-21/h1-3,5-6,8-9,15-16,23,28H,10-14,17-19H2. The highest BCUT2D eigenvalue weighted by Gasteiger charge is 2.20. The van der Waals surface area contributed by atoms with Crippen LogP contribution in [-0.2, 0) is 29.0 Å². The maximum atomic E-state index is 12.6. The monoisotopic (exact) mass is 457 g/mol. The Bertz CT molecular complexity index is 1250. The number of hydrogen-bond donors (Lipinski definition) is 1. The number of benzene rings is 2. The number of aromatic nitrogens is 2. The van der Waals surface area contributed by atoms with Gasteiger partial charge in [-0.2, -0.15) is 4.98 Å². The van der Waals surface area contributed by atoms with Crippen molar-refractivity contribution in [2.24, 2.45) is 0 Å². The number of hydrogen-bond acceptors (Lipinski definition) is 6. The van der Waals surface area contributed by atoms with Crippen LogP contribution >= 0.6 is 0 Å². The van der Waals surface area contributed by atoms with E-state index >= 15 is 0 Å². The van der Waals surface area contributed by atoms with Gasteiger partial charge in [0.25, 0.3) is 0 Å². The lowest BCUT2D eigenvalue weighted by molar-refractivity contribution is -0.102. The van der Waals surface area contributed by atoms with Gasteiger partial charge in [0.05, 0.1) is 32.1 Å². The molecule has 2 aromatic carbocycles. The SMILES string of the molecule is O=c1nc(OCC2COCCO2)cc2n1CCc1cc(C#CCNCc3ccccc3)ccc1-2. The van der Waals surface area contributed by atoms with Gasteiger partial charge in [-0.15, -0.1) is 0 Å². The lowest BCUT2D eigenvalue weighted by atomic mass is 9.95. The van der Waals surface area contributed by atoms with E-state index in [1.165, 1.54) is 11.1 Å². The van der Waals surface area contributed by atoms with Crippen LogP contribution in [0.25, 0.3) is 11.3 Å². The van der Waals surface area contributed by atoms with Crippen LogP contribution in [0.1, 0.15) is 16.7 Å². The molecule has 3 heterocycles.